The van der Waals surface area contributed by atoms with Gasteiger partial charge in [-0.05, 0) is 37.0 Å². The van der Waals surface area contributed by atoms with Gasteiger partial charge in [-0.2, -0.15) is 0 Å². The Morgan fingerprint density at radius 1 is 1.47 bits per heavy atom. The fraction of sp³-hybridized carbons (Fsp3) is 0.500. The summed E-state index contributed by atoms with van der Waals surface area (Å²) in [7, 11) is 0. The van der Waals surface area contributed by atoms with E-state index < -0.39 is 0 Å². The highest BCUT2D eigenvalue weighted by molar-refractivity contribution is 5.44. The number of nitrogens with two attached hydrogens (primary N) is 1. The van der Waals surface area contributed by atoms with Crippen molar-refractivity contribution in [3.05, 3.63) is 29.3 Å². The molecule has 82 valence electrons. The van der Waals surface area contributed by atoms with Crippen LogP contribution in [0.15, 0.2) is 18.2 Å². The summed E-state index contributed by atoms with van der Waals surface area (Å²) in [5.41, 5.74) is 8.46. The summed E-state index contributed by atoms with van der Waals surface area (Å²) in [6.07, 6.45) is 2.03. The molecule has 0 bridgehead atoms. The van der Waals surface area contributed by atoms with Gasteiger partial charge in [0.05, 0.1) is 0 Å². The molecule has 1 aliphatic carbocycles. The molecule has 1 aliphatic rings. The zero-order chi connectivity index (χ0) is 10.7. The molecule has 0 aromatic heterocycles. The summed E-state index contributed by atoms with van der Waals surface area (Å²) in [5, 5.41) is 0. The molecule has 2 rings (SSSR count). The number of rotatable bonds is 4. The van der Waals surface area contributed by atoms with Gasteiger partial charge in [-0.15, -0.1) is 0 Å². The van der Waals surface area contributed by atoms with E-state index in [0.717, 1.165) is 18.6 Å². The second kappa shape index (κ2) is 4.64. The highest BCUT2D eigenvalue weighted by Crippen LogP contribution is 2.35. The van der Waals surface area contributed by atoms with Crippen molar-refractivity contribution in [3.8, 4) is 5.75 Å². The Balaban J connectivity index is 2.12. The normalized spacial score (nSPS) is 18.9. The van der Waals surface area contributed by atoms with Crippen molar-refractivity contribution in [1.82, 2.24) is 0 Å². The van der Waals surface area contributed by atoms with Crippen LogP contribution in [0.4, 0.5) is 0 Å². The number of ether oxygens (including phenoxy) is 2. The molecule has 0 saturated heterocycles. The van der Waals surface area contributed by atoms with E-state index in [2.05, 4.69) is 6.07 Å². The third-order valence-electron chi connectivity index (χ3n) is 2.78. The van der Waals surface area contributed by atoms with Gasteiger partial charge in [0.15, 0.2) is 6.79 Å². The van der Waals surface area contributed by atoms with Gasteiger partial charge < -0.3 is 15.2 Å². The van der Waals surface area contributed by atoms with Crippen molar-refractivity contribution in [2.45, 2.75) is 25.8 Å². The average molecular weight is 207 g/mol. The molecule has 1 unspecified atom stereocenters. The summed E-state index contributed by atoms with van der Waals surface area (Å²) >= 11 is 0. The van der Waals surface area contributed by atoms with E-state index in [4.69, 9.17) is 15.2 Å². The molecule has 1 atom stereocenters. The molecule has 0 saturated carbocycles. The van der Waals surface area contributed by atoms with Crippen LogP contribution in [-0.4, -0.2) is 13.4 Å². The largest absolute Gasteiger partial charge is 0.467 e. The van der Waals surface area contributed by atoms with Gasteiger partial charge in [-0.25, -0.2) is 0 Å². The minimum atomic E-state index is 0.177. The van der Waals surface area contributed by atoms with Crippen LogP contribution >= 0.6 is 0 Å². The van der Waals surface area contributed by atoms with E-state index in [0.29, 0.717) is 13.4 Å². The highest BCUT2D eigenvalue weighted by Gasteiger charge is 2.21. The molecule has 0 fully saturated rings. The molecule has 1 aromatic carbocycles. The van der Waals surface area contributed by atoms with Gasteiger partial charge in [-0.3, -0.25) is 0 Å². The molecule has 0 spiro atoms. The Hall–Kier alpha value is -1.06. The molecule has 0 aliphatic heterocycles. The van der Waals surface area contributed by atoms with Gasteiger partial charge in [0.25, 0.3) is 0 Å². The average Bonchev–Trinajstić information content (AvgIpc) is 2.62. The summed E-state index contributed by atoms with van der Waals surface area (Å²) in [5.74, 6) is 0.925. The van der Waals surface area contributed by atoms with E-state index in [1.807, 2.05) is 19.1 Å². The lowest BCUT2D eigenvalue weighted by Gasteiger charge is -2.11. The highest BCUT2D eigenvalue weighted by atomic mass is 16.7. The Kier molecular flexibility index (Phi) is 3.23. The van der Waals surface area contributed by atoms with Gasteiger partial charge >= 0.3 is 0 Å². The standard InChI is InChI=1S/C12H17NO2/c1-2-14-8-15-12-5-3-4-9-10(12)6-7-11(9)13/h3-5,11H,2,6-8,13H2,1H3. The van der Waals surface area contributed by atoms with Crippen LogP contribution in [0.25, 0.3) is 0 Å². The number of fused-ring (bicyclic) bond motifs is 1. The molecule has 15 heavy (non-hydrogen) atoms. The fourth-order valence-corrected chi connectivity index (χ4v) is 1.98. The lowest BCUT2D eigenvalue weighted by molar-refractivity contribution is 0.0219. The monoisotopic (exact) mass is 207 g/mol. The third kappa shape index (κ3) is 2.13. The van der Waals surface area contributed by atoms with Crippen LogP contribution < -0.4 is 10.5 Å². The molecule has 2 N–H and O–H groups in total. The Labute approximate surface area is 90.2 Å². The van der Waals surface area contributed by atoms with E-state index in [9.17, 15) is 0 Å². The first kappa shape index (κ1) is 10.5. The topological polar surface area (TPSA) is 44.5 Å². The van der Waals surface area contributed by atoms with Crippen LogP contribution in [0.1, 0.15) is 30.5 Å². The Morgan fingerprint density at radius 3 is 3.13 bits per heavy atom. The maximum atomic E-state index is 5.98. The summed E-state index contributed by atoms with van der Waals surface area (Å²) in [6, 6.07) is 6.23. The minimum Gasteiger partial charge on any atom is -0.467 e. The van der Waals surface area contributed by atoms with E-state index >= 15 is 0 Å². The minimum absolute atomic E-state index is 0.177. The predicted molar refractivity (Wildman–Crippen MR) is 58.8 cm³/mol. The van der Waals surface area contributed by atoms with Crippen molar-refractivity contribution in [2.75, 3.05) is 13.4 Å². The molecule has 1 aromatic rings. The van der Waals surface area contributed by atoms with Crippen molar-refractivity contribution in [3.63, 3.8) is 0 Å². The smallest absolute Gasteiger partial charge is 0.189 e. The predicted octanol–water partition coefficient (Wildman–Crippen LogP) is 2.01. The van der Waals surface area contributed by atoms with Gasteiger partial charge in [-0.1, -0.05) is 12.1 Å². The molecule has 3 heteroatoms. The molecular weight excluding hydrogens is 190 g/mol. The molecule has 0 heterocycles. The van der Waals surface area contributed by atoms with Crippen LogP contribution in [0.5, 0.6) is 5.75 Å². The molecular formula is C12H17NO2. The van der Waals surface area contributed by atoms with E-state index in [1.165, 1.54) is 11.1 Å². The molecule has 3 nitrogen and oxygen atoms in total. The van der Waals surface area contributed by atoms with Crippen molar-refractivity contribution < 1.29 is 9.47 Å². The first-order valence-electron chi connectivity index (χ1n) is 5.41. The quantitative estimate of drug-likeness (QED) is 0.606. The SMILES string of the molecule is CCOCOc1cccc2c1CCC2N. The van der Waals surface area contributed by atoms with Crippen molar-refractivity contribution >= 4 is 0 Å². The van der Waals surface area contributed by atoms with Crippen molar-refractivity contribution in [1.29, 1.82) is 0 Å². The summed E-state index contributed by atoms with van der Waals surface area (Å²) in [4.78, 5) is 0. The Morgan fingerprint density at radius 2 is 2.33 bits per heavy atom. The fourth-order valence-electron chi connectivity index (χ4n) is 1.98. The van der Waals surface area contributed by atoms with E-state index in [-0.39, 0.29) is 6.04 Å². The maximum Gasteiger partial charge on any atom is 0.189 e. The first-order valence-corrected chi connectivity index (χ1v) is 5.41. The Bertz CT molecular complexity index is 338. The third-order valence-corrected chi connectivity index (χ3v) is 2.78. The second-order valence-corrected chi connectivity index (χ2v) is 3.72. The van der Waals surface area contributed by atoms with Crippen LogP contribution in [0, 0.1) is 0 Å². The number of hydrogen-bond acceptors (Lipinski definition) is 3. The van der Waals surface area contributed by atoms with Crippen LogP contribution in [-0.2, 0) is 11.2 Å². The summed E-state index contributed by atoms with van der Waals surface area (Å²) in [6.45, 7) is 2.95. The summed E-state index contributed by atoms with van der Waals surface area (Å²) < 4.78 is 10.7. The number of benzene rings is 1. The van der Waals surface area contributed by atoms with Gasteiger partial charge in [0, 0.05) is 12.6 Å². The molecule has 0 radical (unpaired) electrons. The first-order chi connectivity index (χ1) is 7.33. The number of hydrogen-bond donors (Lipinski definition) is 1. The van der Waals surface area contributed by atoms with Gasteiger partial charge in [0.2, 0.25) is 0 Å². The van der Waals surface area contributed by atoms with Crippen LogP contribution in [0.3, 0.4) is 0 Å². The second-order valence-electron chi connectivity index (χ2n) is 3.72. The molecule has 0 amide bonds. The van der Waals surface area contributed by atoms with Gasteiger partial charge in [0.1, 0.15) is 5.75 Å². The van der Waals surface area contributed by atoms with Crippen LogP contribution in [0.2, 0.25) is 0 Å². The van der Waals surface area contributed by atoms with Crippen molar-refractivity contribution in [2.24, 2.45) is 5.73 Å². The zero-order valence-electron chi connectivity index (χ0n) is 9.03. The zero-order valence-corrected chi connectivity index (χ0v) is 9.03. The lowest BCUT2D eigenvalue weighted by Crippen LogP contribution is -2.06. The van der Waals surface area contributed by atoms with E-state index in [1.54, 1.807) is 0 Å². The maximum absolute atomic E-state index is 5.98. The lowest BCUT2D eigenvalue weighted by atomic mass is 10.1.